The lowest BCUT2D eigenvalue weighted by atomic mass is 10.2. The van der Waals surface area contributed by atoms with Gasteiger partial charge < -0.3 is 24.4 Å². The number of amides is 1. The number of carbonyl (C=O) groups is 1. The van der Waals surface area contributed by atoms with Gasteiger partial charge in [0.1, 0.15) is 17.0 Å². The van der Waals surface area contributed by atoms with Crippen molar-refractivity contribution in [1.29, 1.82) is 0 Å². The van der Waals surface area contributed by atoms with Gasteiger partial charge in [-0.25, -0.2) is 0 Å². The zero-order chi connectivity index (χ0) is 19.8. The minimum Gasteiger partial charge on any atom is -0.497 e. The molecule has 0 spiro atoms. The van der Waals surface area contributed by atoms with E-state index in [2.05, 4.69) is 20.2 Å². The zero-order valence-corrected chi connectivity index (χ0v) is 16.1. The number of methoxy groups -OCH3 is 1. The van der Waals surface area contributed by atoms with Crippen molar-refractivity contribution in [2.24, 2.45) is 0 Å². The summed E-state index contributed by atoms with van der Waals surface area (Å²) in [5.41, 5.74) is 3.06. The first-order valence-electron chi connectivity index (χ1n) is 9.78. The van der Waals surface area contributed by atoms with E-state index in [-0.39, 0.29) is 11.9 Å². The highest BCUT2D eigenvalue weighted by Crippen LogP contribution is 2.28. The van der Waals surface area contributed by atoms with Gasteiger partial charge in [-0.15, -0.1) is 0 Å². The first-order chi connectivity index (χ1) is 14.2. The van der Waals surface area contributed by atoms with Crippen molar-refractivity contribution in [2.45, 2.75) is 18.9 Å². The summed E-state index contributed by atoms with van der Waals surface area (Å²) in [6.07, 6.45) is 2.04. The second-order valence-electron chi connectivity index (χ2n) is 7.30. The van der Waals surface area contributed by atoms with Crippen molar-refractivity contribution in [3.63, 3.8) is 0 Å². The number of hydrogen-bond acceptors (Lipinski definition) is 5. The molecule has 2 N–H and O–H groups in total. The smallest absolute Gasteiger partial charge is 0.298 e. The van der Waals surface area contributed by atoms with E-state index in [9.17, 15) is 4.79 Å². The number of H-pyrrole nitrogens is 1. The molecule has 0 saturated carbocycles. The highest BCUT2D eigenvalue weighted by molar-refractivity contribution is 5.98. The van der Waals surface area contributed by atoms with E-state index in [0.717, 1.165) is 47.1 Å². The summed E-state index contributed by atoms with van der Waals surface area (Å²) < 4.78 is 11.2. The number of benzene rings is 2. The van der Waals surface area contributed by atoms with Crippen LogP contribution in [0.15, 0.2) is 52.9 Å². The molecule has 1 aliphatic rings. The van der Waals surface area contributed by atoms with Gasteiger partial charge in [0.05, 0.1) is 13.2 Å². The van der Waals surface area contributed by atoms with Crippen LogP contribution in [0.5, 0.6) is 5.75 Å². The molecule has 1 saturated heterocycles. The Morgan fingerprint density at radius 1 is 1.31 bits per heavy atom. The van der Waals surface area contributed by atoms with Crippen LogP contribution < -0.4 is 15.0 Å². The van der Waals surface area contributed by atoms with E-state index >= 15 is 0 Å². The summed E-state index contributed by atoms with van der Waals surface area (Å²) in [4.78, 5) is 22.6. The Hall–Kier alpha value is -3.48. The van der Waals surface area contributed by atoms with Gasteiger partial charge in [-0.05, 0) is 43.2 Å². The molecule has 7 heteroatoms. The maximum Gasteiger partial charge on any atom is 0.298 e. The van der Waals surface area contributed by atoms with Gasteiger partial charge in [0, 0.05) is 30.1 Å². The minimum atomic E-state index is -0.121. The van der Waals surface area contributed by atoms with Crippen LogP contribution in [0.3, 0.4) is 0 Å². The molecule has 1 fully saturated rings. The molecule has 0 aliphatic carbocycles. The molecule has 0 bridgehead atoms. The molecule has 2 aromatic carbocycles. The Labute approximate surface area is 167 Å². The maximum absolute atomic E-state index is 12.7. The van der Waals surface area contributed by atoms with E-state index in [4.69, 9.17) is 9.15 Å². The predicted octanol–water partition coefficient (Wildman–Crippen LogP) is 3.72. The lowest BCUT2D eigenvalue weighted by molar-refractivity contribution is 0.0947. The molecule has 0 radical (unpaired) electrons. The van der Waals surface area contributed by atoms with Crippen LogP contribution in [0, 0.1) is 0 Å². The number of para-hydroxylation sites is 2. The standard InChI is InChI=1S/C22H22N4O3/c1-28-16-9-8-14-11-19(24-18(14)12-16)21(27)23-13-15-5-4-10-26(15)22-25-17-6-2-3-7-20(17)29-22/h2-3,6-9,11-12,15,24H,4-5,10,13H2,1H3,(H,23,27)/t15-/m1/s1. The first-order valence-corrected chi connectivity index (χ1v) is 9.78. The van der Waals surface area contributed by atoms with Gasteiger partial charge in [0.15, 0.2) is 5.58 Å². The number of hydrogen-bond donors (Lipinski definition) is 2. The van der Waals surface area contributed by atoms with Gasteiger partial charge in [0.25, 0.3) is 11.9 Å². The molecule has 1 atom stereocenters. The van der Waals surface area contributed by atoms with Crippen LogP contribution in [0.2, 0.25) is 0 Å². The van der Waals surface area contributed by atoms with E-state index < -0.39 is 0 Å². The number of anilines is 1. The molecule has 5 rings (SSSR count). The van der Waals surface area contributed by atoms with E-state index in [1.807, 2.05) is 48.5 Å². The fraction of sp³-hybridized carbons (Fsp3) is 0.273. The average Bonchev–Trinajstić information content (AvgIpc) is 3.48. The SMILES string of the molecule is COc1ccc2cc(C(=O)NC[C@H]3CCCN3c3nc4ccccc4o3)[nH]c2c1. The summed E-state index contributed by atoms with van der Waals surface area (Å²) >= 11 is 0. The monoisotopic (exact) mass is 390 g/mol. The summed E-state index contributed by atoms with van der Waals surface area (Å²) in [6.45, 7) is 1.41. The van der Waals surface area contributed by atoms with Gasteiger partial charge in [-0.3, -0.25) is 4.79 Å². The van der Waals surface area contributed by atoms with E-state index in [1.165, 1.54) is 0 Å². The number of nitrogens with one attached hydrogen (secondary N) is 2. The number of aromatic nitrogens is 2. The normalized spacial score (nSPS) is 16.6. The molecule has 3 heterocycles. The first kappa shape index (κ1) is 17.6. The highest BCUT2D eigenvalue weighted by Gasteiger charge is 2.29. The van der Waals surface area contributed by atoms with Crippen LogP contribution in [-0.2, 0) is 0 Å². The fourth-order valence-corrected chi connectivity index (χ4v) is 3.94. The van der Waals surface area contributed by atoms with Crippen LogP contribution in [0.1, 0.15) is 23.3 Å². The summed E-state index contributed by atoms with van der Waals surface area (Å²) in [5.74, 6) is 0.635. The second-order valence-corrected chi connectivity index (χ2v) is 7.30. The molecule has 1 amide bonds. The van der Waals surface area contributed by atoms with Crippen molar-refractivity contribution in [2.75, 3.05) is 25.1 Å². The molecule has 7 nitrogen and oxygen atoms in total. The number of carbonyl (C=O) groups excluding carboxylic acids is 1. The highest BCUT2D eigenvalue weighted by atomic mass is 16.5. The Morgan fingerprint density at radius 3 is 3.07 bits per heavy atom. The Kier molecular flexibility index (Phi) is 4.35. The Morgan fingerprint density at radius 2 is 2.21 bits per heavy atom. The van der Waals surface area contributed by atoms with Crippen molar-refractivity contribution in [3.05, 3.63) is 54.2 Å². The summed E-state index contributed by atoms with van der Waals surface area (Å²) in [5, 5.41) is 4.03. The number of aromatic amines is 1. The fourth-order valence-electron chi connectivity index (χ4n) is 3.94. The number of nitrogens with zero attached hydrogens (tertiary/aromatic N) is 2. The van der Waals surface area contributed by atoms with Crippen molar-refractivity contribution < 1.29 is 13.9 Å². The van der Waals surface area contributed by atoms with E-state index in [0.29, 0.717) is 18.3 Å². The number of oxazole rings is 1. The summed E-state index contributed by atoms with van der Waals surface area (Å²) in [6, 6.07) is 16.1. The molecular formula is C22H22N4O3. The number of ether oxygens (including phenoxy) is 1. The minimum absolute atomic E-state index is 0.121. The zero-order valence-electron chi connectivity index (χ0n) is 16.1. The third-order valence-corrected chi connectivity index (χ3v) is 5.48. The van der Waals surface area contributed by atoms with Crippen LogP contribution in [0.25, 0.3) is 22.0 Å². The quantitative estimate of drug-likeness (QED) is 0.543. The van der Waals surface area contributed by atoms with Crippen LogP contribution in [-0.4, -0.2) is 42.1 Å². The third-order valence-electron chi connectivity index (χ3n) is 5.48. The van der Waals surface area contributed by atoms with Gasteiger partial charge in [0.2, 0.25) is 0 Å². The molecular weight excluding hydrogens is 368 g/mol. The van der Waals surface area contributed by atoms with E-state index in [1.54, 1.807) is 7.11 Å². The Bertz CT molecular complexity index is 1150. The van der Waals surface area contributed by atoms with Crippen molar-refractivity contribution >= 4 is 33.9 Å². The van der Waals surface area contributed by atoms with Gasteiger partial charge in [-0.2, -0.15) is 4.98 Å². The largest absolute Gasteiger partial charge is 0.497 e. The average molecular weight is 390 g/mol. The lowest BCUT2D eigenvalue weighted by Gasteiger charge is -2.22. The molecule has 2 aromatic heterocycles. The lowest BCUT2D eigenvalue weighted by Crippen LogP contribution is -2.40. The third kappa shape index (κ3) is 3.29. The van der Waals surface area contributed by atoms with Gasteiger partial charge in [-0.1, -0.05) is 12.1 Å². The van der Waals surface area contributed by atoms with Crippen molar-refractivity contribution in [1.82, 2.24) is 15.3 Å². The number of rotatable bonds is 5. The summed E-state index contributed by atoms with van der Waals surface area (Å²) in [7, 11) is 1.63. The van der Waals surface area contributed by atoms with Crippen molar-refractivity contribution in [3.8, 4) is 5.75 Å². The second kappa shape index (κ2) is 7.16. The van der Waals surface area contributed by atoms with Gasteiger partial charge >= 0.3 is 0 Å². The molecule has 0 unspecified atom stereocenters. The molecule has 1 aliphatic heterocycles. The van der Waals surface area contributed by atoms with Crippen LogP contribution in [0.4, 0.5) is 6.01 Å². The predicted molar refractivity (Wildman–Crippen MR) is 112 cm³/mol. The molecule has 148 valence electrons. The number of fused-ring (bicyclic) bond motifs is 2. The Balaban J connectivity index is 1.29. The topological polar surface area (TPSA) is 83.4 Å². The maximum atomic E-state index is 12.7. The molecule has 4 aromatic rings. The molecule has 29 heavy (non-hydrogen) atoms. The van der Waals surface area contributed by atoms with Crippen LogP contribution >= 0.6 is 0 Å².